The molecule has 1 aromatic rings. The predicted octanol–water partition coefficient (Wildman–Crippen LogP) is 0.908. The molecule has 5 nitrogen and oxygen atoms in total. The lowest BCUT2D eigenvalue weighted by atomic mass is 10.1. The van der Waals surface area contributed by atoms with E-state index in [0.717, 1.165) is 11.3 Å². The van der Waals surface area contributed by atoms with Crippen molar-refractivity contribution in [2.75, 3.05) is 6.61 Å². The molecule has 0 saturated heterocycles. The summed E-state index contributed by atoms with van der Waals surface area (Å²) in [5.41, 5.74) is 0.334. The third-order valence-corrected chi connectivity index (χ3v) is 3.18. The largest absolute Gasteiger partial charge is 0.464 e. The number of rotatable bonds is 5. The lowest BCUT2D eigenvalue weighted by Gasteiger charge is -2.15. The fourth-order valence-electron chi connectivity index (χ4n) is 1.23. The van der Waals surface area contributed by atoms with Crippen LogP contribution in [0.25, 0.3) is 0 Å². The van der Waals surface area contributed by atoms with Crippen LogP contribution in [0.3, 0.4) is 0 Å². The summed E-state index contributed by atoms with van der Waals surface area (Å²) in [4.78, 5) is 22.7. The SMILES string of the molecule is CCOC(=O)C(O)C(O)c1csc(C(C)=O)c1. The van der Waals surface area contributed by atoms with E-state index in [1.54, 1.807) is 6.92 Å². The summed E-state index contributed by atoms with van der Waals surface area (Å²) in [5, 5.41) is 20.8. The Morgan fingerprint density at radius 1 is 1.47 bits per heavy atom. The molecule has 1 rings (SSSR count). The molecule has 2 unspecified atom stereocenters. The van der Waals surface area contributed by atoms with Crippen LogP contribution in [0.4, 0.5) is 0 Å². The zero-order valence-electron chi connectivity index (χ0n) is 9.54. The molecule has 1 heterocycles. The van der Waals surface area contributed by atoms with Crippen molar-refractivity contribution in [1.29, 1.82) is 0 Å². The van der Waals surface area contributed by atoms with Crippen molar-refractivity contribution >= 4 is 23.1 Å². The van der Waals surface area contributed by atoms with Gasteiger partial charge in [0.15, 0.2) is 11.9 Å². The highest BCUT2D eigenvalue weighted by atomic mass is 32.1. The van der Waals surface area contributed by atoms with Gasteiger partial charge >= 0.3 is 5.97 Å². The van der Waals surface area contributed by atoms with Crippen molar-refractivity contribution in [1.82, 2.24) is 0 Å². The Balaban J connectivity index is 2.77. The van der Waals surface area contributed by atoms with Gasteiger partial charge in [-0.2, -0.15) is 0 Å². The maximum atomic E-state index is 11.2. The number of carbonyl (C=O) groups excluding carboxylic acids is 2. The average Bonchev–Trinajstić information content (AvgIpc) is 2.76. The first-order chi connectivity index (χ1) is 7.97. The fraction of sp³-hybridized carbons (Fsp3) is 0.455. The molecule has 0 saturated carbocycles. The van der Waals surface area contributed by atoms with Crippen molar-refractivity contribution in [3.63, 3.8) is 0 Å². The molecule has 0 amide bonds. The minimum absolute atomic E-state index is 0.126. The van der Waals surface area contributed by atoms with Crippen molar-refractivity contribution in [3.8, 4) is 0 Å². The molecule has 6 heteroatoms. The topological polar surface area (TPSA) is 83.8 Å². The Morgan fingerprint density at radius 2 is 2.12 bits per heavy atom. The molecule has 17 heavy (non-hydrogen) atoms. The van der Waals surface area contributed by atoms with E-state index in [1.807, 2.05) is 0 Å². The molecule has 94 valence electrons. The Morgan fingerprint density at radius 3 is 2.59 bits per heavy atom. The number of aliphatic hydroxyl groups excluding tert-OH is 2. The van der Waals surface area contributed by atoms with Gasteiger partial charge in [-0.15, -0.1) is 11.3 Å². The summed E-state index contributed by atoms with van der Waals surface area (Å²) in [6.07, 6.45) is -3.01. The maximum absolute atomic E-state index is 11.2. The van der Waals surface area contributed by atoms with E-state index < -0.39 is 18.2 Å². The molecule has 0 aliphatic carbocycles. The van der Waals surface area contributed by atoms with Gasteiger partial charge in [0.2, 0.25) is 0 Å². The number of hydrogen-bond acceptors (Lipinski definition) is 6. The molecule has 0 aromatic carbocycles. The monoisotopic (exact) mass is 258 g/mol. The van der Waals surface area contributed by atoms with Crippen molar-refractivity contribution in [3.05, 3.63) is 21.9 Å². The summed E-state index contributed by atoms with van der Waals surface area (Å²) in [7, 11) is 0. The Hall–Kier alpha value is -1.24. The summed E-state index contributed by atoms with van der Waals surface area (Å²) in [6, 6.07) is 1.46. The quantitative estimate of drug-likeness (QED) is 0.605. The third-order valence-electron chi connectivity index (χ3n) is 2.14. The lowest BCUT2D eigenvalue weighted by Crippen LogP contribution is -2.29. The van der Waals surface area contributed by atoms with Crippen LogP contribution in [-0.4, -0.2) is 34.7 Å². The number of carbonyl (C=O) groups is 2. The Labute approximate surface area is 103 Å². The molecule has 0 aliphatic heterocycles. The smallest absolute Gasteiger partial charge is 0.338 e. The van der Waals surface area contributed by atoms with Crippen LogP contribution in [0.5, 0.6) is 0 Å². The van der Waals surface area contributed by atoms with Gasteiger partial charge in [0, 0.05) is 0 Å². The van der Waals surface area contributed by atoms with Crippen molar-refractivity contribution in [2.24, 2.45) is 0 Å². The van der Waals surface area contributed by atoms with Crippen LogP contribution in [0.1, 0.15) is 35.2 Å². The molecule has 1 aromatic heterocycles. The number of thiophene rings is 1. The van der Waals surface area contributed by atoms with Gasteiger partial charge in [-0.3, -0.25) is 4.79 Å². The molecule has 0 spiro atoms. The van der Waals surface area contributed by atoms with Crippen molar-refractivity contribution in [2.45, 2.75) is 26.1 Å². The predicted molar refractivity (Wildman–Crippen MR) is 61.9 cm³/mol. The van der Waals surface area contributed by atoms with Crippen LogP contribution in [0.2, 0.25) is 0 Å². The molecule has 0 bridgehead atoms. The van der Waals surface area contributed by atoms with Gasteiger partial charge in [0.05, 0.1) is 11.5 Å². The van der Waals surface area contributed by atoms with Crippen LogP contribution < -0.4 is 0 Å². The van der Waals surface area contributed by atoms with Crippen LogP contribution >= 0.6 is 11.3 Å². The zero-order chi connectivity index (χ0) is 13.0. The number of Topliss-reactive ketones (excluding diaryl/α,β-unsaturated/α-hetero) is 1. The Bertz CT molecular complexity index is 412. The minimum atomic E-state index is -1.63. The number of ether oxygens (including phenoxy) is 1. The number of aliphatic hydroxyl groups is 2. The molecule has 0 fully saturated rings. The van der Waals surface area contributed by atoms with Crippen LogP contribution in [0.15, 0.2) is 11.4 Å². The Kier molecular flexibility index (Phi) is 4.80. The van der Waals surface area contributed by atoms with Gasteiger partial charge in [-0.25, -0.2) is 4.79 Å². The van der Waals surface area contributed by atoms with Gasteiger partial charge in [-0.05, 0) is 30.9 Å². The van der Waals surface area contributed by atoms with E-state index in [9.17, 15) is 19.8 Å². The highest BCUT2D eigenvalue weighted by Gasteiger charge is 2.27. The second kappa shape index (κ2) is 5.90. The highest BCUT2D eigenvalue weighted by Crippen LogP contribution is 2.24. The third kappa shape index (κ3) is 3.36. The van der Waals surface area contributed by atoms with Gasteiger partial charge in [0.25, 0.3) is 0 Å². The standard InChI is InChI=1S/C11H14O5S/c1-3-16-11(15)10(14)9(13)7-4-8(6(2)12)17-5-7/h4-5,9-10,13-14H,3H2,1-2H3. The van der Waals surface area contributed by atoms with E-state index >= 15 is 0 Å². The fourth-order valence-corrected chi connectivity index (χ4v) is 2.07. The van der Waals surface area contributed by atoms with E-state index in [-0.39, 0.29) is 12.4 Å². The average molecular weight is 258 g/mol. The second-order valence-corrected chi connectivity index (χ2v) is 4.35. The van der Waals surface area contributed by atoms with Crippen LogP contribution in [0, 0.1) is 0 Å². The van der Waals surface area contributed by atoms with Gasteiger partial charge in [0.1, 0.15) is 6.10 Å². The molecule has 2 N–H and O–H groups in total. The number of ketones is 1. The highest BCUT2D eigenvalue weighted by molar-refractivity contribution is 7.12. The van der Waals surface area contributed by atoms with Crippen LogP contribution in [-0.2, 0) is 9.53 Å². The first-order valence-electron chi connectivity index (χ1n) is 5.09. The first kappa shape index (κ1) is 13.8. The lowest BCUT2D eigenvalue weighted by molar-refractivity contribution is -0.159. The van der Waals surface area contributed by atoms with E-state index in [1.165, 1.54) is 18.4 Å². The molecule has 0 aliphatic rings. The molecule has 0 radical (unpaired) electrons. The van der Waals surface area contributed by atoms with Gasteiger partial charge in [-0.1, -0.05) is 0 Å². The molecular formula is C11H14O5S. The minimum Gasteiger partial charge on any atom is -0.464 e. The number of esters is 1. The maximum Gasteiger partial charge on any atom is 0.338 e. The van der Waals surface area contributed by atoms with E-state index in [4.69, 9.17) is 0 Å². The zero-order valence-corrected chi connectivity index (χ0v) is 10.4. The van der Waals surface area contributed by atoms with Crippen molar-refractivity contribution < 1.29 is 24.5 Å². The molecular weight excluding hydrogens is 244 g/mol. The normalized spacial score (nSPS) is 14.1. The number of hydrogen-bond donors (Lipinski definition) is 2. The van der Waals surface area contributed by atoms with E-state index in [0.29, 0.717) is 10.4 Å². The summed E-state index contributed by atoms with van der Waals surface area (Å²) in [5.74, 6) is -1.00. The second-order valence-electron chi connectivity index (χ2n) is 3.44. The van der Waals surface area contributed by atoms with E-state index in [2.05, 4.69) is 4.74 Å². The summed E-state index contributed by atoms with van der Waals surface area (Å²) >= 11 is 1.16. The molecule has 2 atom stereocenters. The van der Waals surface area contributed by atoms with Gasteiger partial charge < -0.3 is 14.9 Å². The summed E-state index contributed by atoms with van der Waals surface area (Å²) in [6.45, 7) is 3.14. The first-order valence-corrected chi connectivity index (χ1v) is 5.97. The summed E-state index contributed by atoms with van der Waals surface area (Å²) < 4.78 is 4.59.